The van der Waals surface area contributed by atoms with Gasteiger partial charge in [-0.2, -0.15) is 0 Å². The van der Waals surface area contributed by atoms with Gasteiger partial charge in [0.15, 0.2) is 11.6 Å². The van der Waals surface area contributed by atoms with E-state index in [9.17, 15) is 8.78 Å². The second-order valence-corrected chi connectivity index (χ2v) is 9.62. The number of ether oxygens (including phenoxy) is 5. The van der Waals surface area contributed by atoms with Crippen molar-refractivity contribution in [3.63, 3.8) is 0 Å². The van der Waals surface area contributed by atoms with Gasteiger partial charge in [-0.1, -0.05) is 13.0 Å². The summed E-state index contributed by atoms with van der Waals surface area (Å²) in [4.78, 5) is 0. The molecular formula is C29H28F2O5. The van der Waals surface area contributed by atoms with Crippen molar-refractivity contribution in [1.29, 1.82) is 0 Å². The van der Waals surface area contributed by atoms with Gasteiger partial charge in [0.25, 0.3) is 0 Å². The van der Waals surface area contributed by atoms with Crippen LogP contribution in [0.1, 0.15) is 54.9 Å². The molecule has 2 atom stereocenters. The van der Waals surface area contributed by atoms with E-state index in [-0.39, 0.29) is 17.7 Å². The molecule has 36 heavy (non-hydrogen) atoms. The number of halogens is 2. The Morgan fingerprint density at radius 3 is 2.44 bits per heavy atom. The van der Waals surface area contributed by atoms with Crippen molar-refractivity contribution >= 4 is 0 Å². The van der Waals surface area contributed by atoms with E-state index in [2.05, 4.69) is 6.92 Å². The van der Waals surface area contributed by atoms with Gasteiger partial charge < -0.3 is 23.7 Å². The van der Waals surface area contributed by atoms with Crippen molar-refractivity contribution in [3.8, 4) is 28.7 Å². The van der Waals surface area contributed by atoms with Gasteiger partial charge in [0.05, 0.1) is 19.8 Å². The van der Waals surface area contributed by atoms with Crippen LogP contribution >= 0.6 is 0 Å². The fraction of sp³-hybridized carbons (Fsp3) is 0.379. The average Bonchev–Trinajstić information content (AvgIpc) is 3.47. The second-order valence-electron chi connectivity index (χ2n) is 9.62. The molecule has 2 heterocycles. The maximum absolute atomic E-state index is 14.9. The van der Waals surface area contributed by atoms with E-state index in [1.54, 1.807) is 18.2 Å². The Balaban J connectivity index is 1.19. The molecule has 3 aliphatic rings. The molecule has 6 rings (SSSR count). The first-order chi connectivity index (χ1) is 17.5. The van der Waals surface area contributed by atoms with Crippen LogP contribution < -0.4 is 18.9 Å². The van der Waals surface area contributed by atoms with E-state index >= 15 is 0 Å². The maximum atomic E-state index is 14.9. The molecule has 0 N–H and O–H groups in total. The molecule has 2 unspecified atom stereocenters. The van der Waals surface area contributed by atoms with Crippen LogP contribution in [-0.4, -0.2) is 25.9 Å². The minimum Gasteiger partial charge on any atom is -0.493 e. The van der Waals surface area contributed by atoms with Gasteiger partial charge in [0.1, 0.15) is 41.0 Å². The highest BCUT2D eigenvalue weighted by Gasteiger charge is 2.31. The van der Waals surface area contributed by atoms with E-state index in [0.717, 1.165) is 24.2 Å². The molecule has 3 aromatic carbocycles. The first-order valence-electron chi connectivity index (χ1n) is 12.5. The van der Waals surface area contributed by atoms with Crippen molar-refractivity contribution in [2.24, 2.45) is 0 Å². The minimum absolute atomic E-state index is 0.0165. The minimum atomic E-state index is -0.532. The van der Waals surface area contributed by atoms with Gasteiger partial charge in [-0.3, -0.25) is 0 Å². The van der Waals surface area contributed by atoms with Gasteiger partial charge in [0, 0.05) is 47.6 Å². The van der Waals surface area contributed by atoms with Gasteiger partial charge in [0.2, 0.25) is 0 Å². The third-order valence-electron chi connectivity index (χ3n) is 7.12. The summed E-state index contributed by atoms with van der Waals surface area (Å²) >= 11 is 0. The molecule has 7 heteroatoms. The van der Waals surface area contributed by atoms with Crippen LogP contribution in [0.15, 0.2) is 48.5 Å². The smallest absolute Gasteiger partial charge is 0.169 e. The highest BCUT2D eigenvalue weighted by Crippen LogP contribution is 2.44. The predicted molar refractivity (Wildman–Crippen MR) is 129 cm³/mol. The lowest BCUT2D eigenvalue weighted by atomic mass is 10.0. The summed E-state index contributed by atoms with van der Waals surface area (Å²) in [5.41, 5.74) is 2.32. The summed E-state index contributed by atoms with van der Waals surface area (Å²) in [7, 11) is 0. The summed E-state index contributed by atoms with van der Waals surface area (Å²) < 4.78 is 58.9. The Bertz CT molecular complexity index is 1270. The number of hydrogen-bond acceptors (Lipinski definition) is 5. The van der Waals surface area contributed by atoms with Crippen LogP contribution in [-0.2, 0) is 11.2 Å². The Morgan fingerprint density at radius 1 is 0.833 bits per heavy atom. The van der Waals surface area contributed by atoms with E-state index < -0.39 is 11.9 Å². The van der Waals surface area contributed by atoms with Gasteiger partial charge in [-0.25, -0.2) is 8.78 Å². The van der Waals surface area contributed by atoms with Crippen LogP contribution in [0, 0.1) is 11.6 Å². The van der Waals surface area contributed by atoms with E-state index in [1.165, 1.54) is 12.1 Å². The molecule has 188 valence electrons. The molecule has 0 bridgehead atoms. The molecule has 0 amide bonds. The molecule has 1 fully saturated rings. The zero-order chi connectivity index (χ0) is 24.6. The third kappa shape index (κ3) is 4.48. The Morgan fingerprint density at radius 2 is 1.61 bits per heavy atom. The quantitative estimate of drug-likeness (QED) is 0.374. The van der Waals surface area contributed by atoms with E-state index in [4.69, 9.17) is 23.7 Å². The van der Waals surface area contributed by atoms with Crippen LogP contribution in [0.5, 0.6) is 28.7 Å². The third-order valence-corrected chi connectivity index (χ3v) is 7.12. The molecule has 0 spiro atoms. The molecule has 1 aliphatic carbocycles. The molecule has 1 saturated heterocycles. The lowest BCUT2D eigenvalue weighted by molar-refractivity contribution is 0.0254. The Kier molecular flexibility index (Phi) is 6.17. The summed E-state index contributed by atoms with van der Waals surface area (Å²) in [5.74, 6) is 1.87. The van der Waals surface area contributed by atoms with Gasteiger partial charge in [-0.15, -0.1) is 0 Å². The zero-order valence-corrected chi connectivity index (χ0v) is 20.1. The Hall–Kier alpha value is -3.32. The van der Waals surface area contributed by atoms with Gasteiger partial charge >= 0.3 is 0 Å². The monoisotopic (exact) mass is 494 g/mol. The fourth-order valence-corrected chi connectivity index (χ4v) is 5.19. The largest absolute Gasteiger partial charge is 0.493 e. The fourth-order valence-electron chi connectivity index (χ4n) is 5.19. The van der Waals surface area contributed by atoms with Crippen LogP contribution in [0.25, 0.3) is 0 Å². The SMILES string of the molecule is CC1COc2cc(OC3CCc4c(Oc5ccc(OC6CCOCC6)cc5F)ccc(F)c43)ccc21. The number of fused-ring (bicyclic) bond motifs is 2. The van der Waals surface area contributed by atoms with E-state index in [0.29, 0.717) is 67.0 Å². The topological polar surface area (TPSA) is 46.2 Å². The summed E-state index contributed by atoms with van der Waals surface area (Å²) in [5, 5.41) is 0. The van der Waals surface area contributed by atoms with Crippen LogP contribution in [0.4, 0.5) is 8.78 Å². The van der Waals surface area contributed by atoms with E-state index in [1.807, 2.05) is 18.2 Å². The first-order valence-corrected chi connectivity index (χ1v) is 12.5. The standard InChI is InChI=1S/C29H28F2O5/c1-17-16-33-28-15-20(2-4-21(17)28)35-27-8-5-22-25(9-6-23(30)29(22)27)36-26-7-3-19(14-24(26)31)34-18-10-12-32-13-11-18/h2-4,6-7,9,14-15,17-18,27H,5,8,10-13,16H2,1H3. The average molecular weight is 495 g/mol. The normalized spacial score (nSPS) is 21.0. The summed E-state index contributed by atoms with van der Waals surface area (Å²) in [6.07, 6.45) is 2.29. The van der Waals surface area contributed by atoms with Crippen LogP contribution in [0.3, 0.4) is 0 Å². The van der Waals surface area contributed by atoms with Gasteiger partial charge in [-0.05, 0) is 43.2 Å². The van der Waals surface area contributed by atoms with Crippen molar-refractivity contribution in [1.82, 2.24) is 0 Å². The maximum Gasteiger partial charge on any atom is 0.169 e. The van der Waals surface area contributed by atoms with Crippen molar-refractivity contribution in [2.45, 2.75) is 50.7 Å². The highest BCUT2D eigenvalue weighted by atomic mass is 19.1. The van der Waals surface area contributed by atoms with Crippen molar-refractivity contribution in [2.75, 3.05) is 19.8 Å². The number of benzene rings is 3. The lowest BCUT2D eigenvalue weighted by Gasteiger charge is -2.23. The van der Waals surface area contributed by atoms with Crippen molar-refractivity contribution < 1.29 is 32.5 Å². The Labute approximate surface area is 208 Å². The molecule has 0 saturated carbocycles. The van der Waals surface area contributed by atoms with Crippen LogP contribution in [0.2, 0.25) is 0 Å². The molecule has 0 aromatic heterocycles. The summed E-state index contributed by atoms with van der Waals surface area (Å²) in [6.45, 7) is 4.06. The molecule has 5 nitrogen and oxygen atoms in total. The van der Waals surface area contributed by atoms with Crippen molar-refractivity contribution in [3.05, 3.63) is 76.9 Å². The molecule has 2 aliphatic heterocycles. The highest BCUT2D eigenvalue weighted by molar-refractivity contribution is 5.49. The molecule has 0 radical (unpaired) electrons. The molecular weight excluding hydrogens is 466 g/mol. The number of hydrogen-bond donors (Lipinski definition) is 0. The predicted octanol–water partition coefficient (Wildman–Crippen LogP) is 6.88. The number of rotatable bonds is 6. The molecule has 3 aromatic rings. The lowest BCUT2D eigenvalue weighted by Crippen LogP contribution is -2.25. The first kappa shape index (κ1) is 23.1. The summed E-state index contributed by atoms with van der Waals surface area (Å²) in [6, 6.07) is 13.3. The zero-order valence-electron chi connectivity index (χ0n) is 20.1. The second kappa shape index (κ2) is 9.62.